The SMILES string of the molecule is N[C@@H]1C[C@H](O)c2cccnc21. The first kappa shape index (κ1) is 6.76. The fourth-order valence-corrected chi connectivity index (χ4v) is 1.50. The molecule has 3 nitrogen and oxygen atoms in total. The van der Waals surface area contributed by atoms with Gasteiger partial charge in [-0.2, -0.15) is 0 Å². The number of nitrogens with two attached hydrogens (primary N) is 1. The molecule has 0 saturated carbocycles. The van der Waals surface area contributed by atoms with Crippen LogP contribution in [0.15, 0.2) is 18.3 Å². The summed E-state index contributed by atoms with van der Waals surface area (Å²) in [5.41, 5.74) is 7.45. The van der Waals surface area contributed by atoms with Crippen molar-refractivity contribution in [3.8, 4) is 0 Å². The van der Waals surface area contributed by atoms with E-state index in [4.69, 9.17) is 5.73 Å². The quantitative estimate of drug-likeness (QED) is 0.566. The van der Waals surface area contributed by atoms with Crippen LogP contribution in [0, 0.1) is 0 Å². The van der Waals surface area contributed by atoms with Crippen LogP contribution in [0.5, 0.6) is 0 Å². The highest BCUT2D eigenvalue weighted by atomic mass is 16.3. The zero-order valence-corrected chi connectivity index (χ0v) is 6.07. The average molecular weight is 150 g/mol. The minimum atomic E-state index is -0.409. The predicted molar refractivity (Wildman–Crippen MR) is 40.7 cm³/mol. The molecule has 0 fully saturated rings. The van der Waals surface area contributed by atoms with Gasteiger partial charge in [0, 0.05) is 11.8 Å². The lowest BCUT2D eigenvalue weighted by atomic mass is 10.2. The number of aromatic nitrogens is 1. The molecule has 1 aliphatic carbocycles. The van der Waals surface area contributed by atoms with Gasteiger partial charge in [-0.3, -0.25) is 4.98 Å². The summed E-state index contributed by atoms with van der Waals surface area (Å²) >= 11 is 0. The van der Waals surface area contributed by atoms with Gasteiger partial charge in [0.25, 0.3) is 0 Å². The van der Waals surface area contributed by atoms with Crippen LogP contribution in [-0.2, 0) is 0 Å². The summed E-state index contributed by atoms with van der Waals surface area (Å²) in [7, 11) is 0. The van der Waals surface area contributed by atoms with Crippen LogP contribution in [0.2, 0.25) is 0 Å². The van der Waals surface area contributed by atoms with E-state index in [1.54, 1.807) is 6.20 Å². The van der Waals surface area contributed by atoms with Crippen molar-refractivity contribution in [1.29, 1.82) is 0 Å². The number of hydrogen-bond acceptors (Lipinski definition) is 3. The molecule has 58 valence electrons. The van der Waals surface area contributed by atoms with Crippen LogP contribution < -0.4 is 5.73 Å². The second-order valence-corrected chi connectivity index (χ2v) is 2.84. The standard InChI is InChI=1S/C8H10N2O/c9-6-4-7(11)5-2-1-3-10-8(5)6/h1-3,6-7,11H,4,9H2/t6-,7+/m1/s1. The molecule has 3 heteroatoms. The van der Waals surface area contributed by atoms with E-state index < -0.39 is 6.10 Å². The van der Waals surface area contributed by atoms with Crippen LogP contribution in [0.25, 0.3) is 0 Å². The summed E-state index contributed by atoms with van der Waals surface area (Å²) in [4.78, 5) is 4.11. The van der Waals surface area contributed by atoms with E-state index in [1.165, 1.54) is 0 Å². The maximum Gasteiger partial charge on any atom is 0.0826 e. The van der Waals surface area contributed by atoms with Crippen molar-refractivity contribution in [3.05, 3.63) is 29.6 Å². The maximum absolute atomic E-state index is 9.43. The largest absolute Gasteiger partial charge is 0.388 e. The average Bonchev–Trinajstić information content (AvgIpc) is 2.30. The Balaban J connectivity index is 2.52. The lowest BCUT2D eigenvalue weighted by Crippen LogP contribution is -2.06. The zero-order chi connectivity index (χ0) is 7.84. The monoisotopic (exact) mass is 150 g/mol. The minimum Gasteiger partial charge on any atom is -0.388 e. The number of fused-ring (bicyclic) bond motifs is 1. The summed E-state index contributed by atoms with van der Waals surface area (Å²) in [5.74, 6) is 0. The molecule has 0 bridgehead atoms. The molecule has 0 saturated heterocycles. The second-order valence-electron chi connectivity index (χ2n) is 2.84. The van der Waals surface area contributed by atoms with Crippen LogP contribution in [0.3, 0.4) is 0 Å². The lowest BCUT2D eigenvalue weighted by molar-refractivity contribution is 0.173. The summed E-state index contributed by atoms with van der Waals surface area (Å²) in [6.07, 6.45) is 1.90. The molecule has 0 amide bonds. The van der Waals surface area contributed by atoms with Gasteiger partial charge in [0.2, 0.25) is 0 Å². The van der Waals surface area contributed by atoms with E-state index in [1.807, 2.05) is 12.1 Å². The number of aliphatic hydroxyl groups is 1. The molecule has 2 atom stereocenters. The summed E-state index contributed by atoms with van der Waals surface area (Å²) in [5, 5.41) is 9.43. The van der Waals surface area contributed by atoms with E-state index in [0.717, 1.165) is 11.3 Å². The minimum absolute atomic E-state index is 0.0822. The molecule has 1 aromatic rings. The van der Waals surface area contributed by atoms with Crippen molar-refractivity contribution >= 4 is 0 Å². The first-order valence-corrected chi connectivity index (χ1v) is 3.67. The Morgan fingerprint density at radius 3 is 3.18 bits per heavy atom. The third-order valence-electron chi connectivity index (χ3n) is 2.06. The first-order chi connectivity index (χ1) is 5.29. The van der Waals surface area contributed by atoms with Gasteiger partial charge in [-0.15, -0.1) is 0 Å². The summed E-state index contributed by atoms with van der Waals surface area (Å²) in [6, 6.07) is 3.61. The van der Waals surface area contributed by atoms with Crippen molar-refractivity contribution in [1.82, 2.24) is 4.98 Å². The second kappa shape index (κ2) is 2.29. The van der Waals surface area contributed by atoms with Crippen molar-refractivity contribution < 1.29 is 5.11 Å². The summed E-state index contributed by atoms with van der Waals surface area (Å²) < 4.78 is 0. The van der Waals surface area contributed by atoms with Gasteiger partial charge in [-0.05, 0) is 12.5 Å². The van der Waals surface area contributed by atoms with Gasteiger partial charge in [0.05, 0.1) is 17.8 Å². The Hall–Kier alpha value is -0.930. The Morgan fingerprint density at radius 1 is 1.64 bits per heavy atom. The smallest absolute Gasteiger partial charge is 0.0826 e. The normalized spacial score (nSPS) is 28.5. The highest BCUT2D eigenvalue weighted by Crippen LogP contribution is 2.34. The van der Waals surface area contributed by atoms with Crippen molar-refractivity contribution in [3.63, 3.8) is 0 Å². The molecule has 11 heavy (non-hydrogen) atoms. The Morgan fingerprint density at radius 2 is 2.45 bits per heavy atom. The van der Waals surface area contributed by atoms with Crippen LogP contribution >= 0.6 is 0 Å². The molecule has 2 rings (SSSR count). The number of aliphatic hydroxyl groups excluding tert-OH is 1. The molecular formula is C8H10N2O. The number of pyridine rings is 1. The molecule has 0 spiro atoms. The van der Waals surface area contributed by atoms with E-state index in [2.05, 4.69) is 4.98 Å². The number of nitrogens with zero attached hydrogens (tertiary/aromatic N) is 1. The Labute approximate surface area is 64.9 Å². The molecule has 1 heterocycles. The van der Waals surface area contributed by atoms with Crippen LogP contribution in [0.4, 0.5) is 0 Å². The first-order valence-electron chi connectivity index (χ1n) is 3.67. The fourth-order valence-electron chi connectivity index (χ4n) is 1.50. The van der Waals surface area contributed by atoms with E-state index in [-0.39, 0.29) is 6.04 Å². The molecule has 0 unspecified atom stereocenters. The third kappa shape index (κ3) is 0.931. The van der Waals surface area contributed by atoms with Crippen LogP contribution in [-0.4, -0.2) is 10.1 Å². The van der Waals surface area contributed by atoms with Gasteiger partial charge in [0.15, 0.2) is 0 Å². The van der Waals surface area contributed by atoms with Gasteiger partial charge in [-0.1, -0.05) is 6.07 Å². The molecule has 0 aliphatic heterocycles. The highest BCUT2D eigenvalue weighted by molar-refractivity contribution is 5.29. The highest BCUT2D eigenvalue weighted by Gasteiger charge is 2.27. The van der Waals surface area contributed by atoms with Gasteiger partial charge in [0.1, 0.15) is 0 Å². The van der Waals surface area contributed by atoms with Crippen molar-refractivity contribution in [2.75, 3.05) is 0 Å². The van der Waals surface area contributed by atoms with Gasteiger partial charge < -0.3 is 10.8 Å². The van der Waals surface area contributed by atoms with Crippen molar-refractivity contribution in [2.45, 2.75) is 18.6 Å². The topological polar surface area (TPSA) is 59.1 Å². The molecule has 1 aliphatic rings. The molecule has 3 N–H and O–H groups in total. The van der Waals surface area contributed by atoms with Crippen molar-refractivity contribution in [2.24, 2.45) is 5.73 Å². The van der Waals surface area contributed by atoms with Gasteiger partial charge >= 0.3 is 0 Å². The third-order valence-corrected chi connectivity index (χ3v) is 2.06. The maximum atomic E-state index is 9.43. The predicted octanol–water partition coefficient (Wildman–Crippen LogP) is 0.518. The fraction of sp³-hybridized carbons (Fsp3) is 0.375. The van der Waals surface area contributed by atoms with Crippen LogP contribution in [0.1, 0.15) is 29.8 Å². The molecule has 0 radical (unpaired) electrons. The van der Waals surface area contributed by atoms with E-state index in [0.29, 0.717) is 6.42 Å². The lowest BCUT2D eigenvalue weighted by Gasteiger charge is -2.00. The Bertz CT molecular complexity index is 248. The van der Waals surface area contributed by atoms with Gasteiger partial charge in [-0.25, -0.2) is 0 Å². The van der Waals surface area contributed by atoms with E-state index >= 15 is 0 Å². The Kier molecular flexibility index (Phi) is 1.41. The molecular weight excluding hydrogens is 140 g/mol. The molecule has 0 aromatic carbocycles. The van der Waals surface area contributed by atoms with E-state index in [9.17, 15) is 5.11 Å². The zero-order valence-electron chi connectivity index (χ0n) is 6.07. The molecule has 1 aromatic heterocycles. The number of hydrogen-bond donors (Lipinski definition) is 2. The number of rotatable bonds is 0. The summed E-state index contributed by atoms with van der Waals surface area (Å²) in [6.45, 7) is 0.